The van der Waals surface area contributed by atoms with E-state index in [0.717, 1.165) is 0 Å². The zero-order valence-electron chi connectivity index (χ0n) is 12.8. The molecule has 0 aliphatic heterocycles. The third kappa shape index (κ3) is 5.06. The fourth-order valence-electron chi connectivity index (χ4n) is 2.22. The predicted octanol–water partition coefficient (Wildman–Crippen LogP) is 3.57. The van der Waals surface area contributed by atoms with Crippen LogP contribution in [0.2, 0.25) is 0 Å². The van der Waals surface area contributed by atoms with Crippen molar-refractivity contribution in [3.8, 4) is 0 Å². The Kier molecular flexibility index (Phi) is 4.59. The third-order valence-corrected chi connectivity index (χ3v) is 5.96. The number of benzene rings is 1. The van der Waals surface area contributed by atoms with Crippen molar-refractivity contribution in [2.75, 3.05) is 6.66 Å². The molecule has 1 rings (SSSR count). The molecule has 1 aromatic carbocycles. The smallest absolute Gasteiger partial charge is 0.167 e. The molecule has 1 aromatic rings. The van der Waals surface area contributed by atoms with Gasteiger partial charge in [-0.3, -0.25) is 0 Å². The van der Waals surface area contributed by atoms with Gasteiger partial charge in [0.25, 0.3) is 0 Å². The van der Waals surface area contributed by atoms with Crippen molar-refractivity contribution < 1.29 is 0 Å². The fourth-order valence-corrected chi connectivity index (χ4v) is 5.99. The Morgan fingerprint density at radius 1 is 0.778 bits per heavy atom. The molecule has 0 saturated heterocycles. The average molecular weight is 267 g/mol. The lowest BCUT2D eigenvalue weighted by atomic mass is 10.1. The highest BCUT2D eigenvalue weighted by Crippen LogP contribution is 2.48. The second kappa shape index (κ2) is 5.28. The second-order valence-corrected chi connectivity index (χ2v) is 10.0. The van der Waals surface area contributed by atoms with Crippen molar-refractivity contribution in [3.05, 3.63) is 30.3 Å². The van der Waals surface area contributed by atoms with Crippen LogP contribution in [0.25, 0.3) is 0 Å². The van der Waals surface area contributed by atoms with Crippen LogP contribution in [-0.2, 0) is 0 Å². The number of nitrogens with one attached hydrogen (secondary N) is 2. The summed E-state index contributed by atoms with van der Waals surface area (Å²) in [6.07, 6.45) is 0. The molecule has 102 valence electrons. The largest absolute Gasteiger partial charge is 0.178 e. The zero-order valence-corrected chi connectivity index (χ0v) is 13.7. The first-order valence-electron chi connectivity index (χ1n) is 6.53. The summed E-state index contributed by atoms with van der Waals surface area (Å²) in [6.45, 7) is 15.6. The minimum absolute atomic E-state index is 0.0939. The summed E-state index contributed by atoms with van der Waals surface area (Å²) in [6, 6.07) is 10.7. The maximum Gasteiger partial charge on any atom is 0.178 e. The van der Waals surface area contributed by atoms with Crippen molar-refractivity contribution in [2.24, 2.45) is 0 Å². The molecule has 18 heavy (non-hydrogen) atoms. The first-order chi connectivity index (χ1) is 8.02. The van der Waals surface area contributed by atoms with Gasteiger partial charge in [-0.25, -0.2) is 0 Å². The first kappa shape index (κ1) is 15.6. The van der Waals surface area contributed by atoms with Crippen LogP contribution in [-0.4, -0.2) is 17.7 Å². The van der Waals surface area contributed by atoms with Gasteiger partial charge in [0.1, 0.15) is 5.30 Å². The van der Waals surface area contributed by atoms with Gasteiger partial charge < -0.3 is 0 Å². The molecular weight excluding hydrogens is 239 g/mol. The lowest BCUT2D eigenvalue weighted by Gasteiger charge is -2.35. The summed E-state index contributed by atoms with van der Waals surface area (Å²) in [4.78, 5) is 0. The van der Waals surface area contributed by atoms with Gasteiger partial charge in [0.15, 0.2) is 7.56 Å². The van der Waals surface area contributed by atoms with E-state index in [9.17, 15) is 0 Å². The Bertz CT molecular complexity index is 358. The van der Waals surface area contributed by atoms with Gasteiger partial charge in [-0.1, -0.05) is 18.2 Å². The lowest BCUT2D eigenvalue weighted by molar-refractivity contribution is 0.492. The Morgan fingerprint density at radius 2 is 1.17 bits per heavy atom. The van der Waals surface area contributed by atoms with Gasteiger partial charge in [-0.2, -0.15) is 10.2 Å². The minimum atomic E-state index is -1.56. The van der Waals surface area contributed by atoms with Gasteiger partial charge in [-0.05, 0) is 53.7 Å². The minimum Gasteiger partial charge on any atom is -0.167 e. The van der Waals surface area contributed by atoms with Crippen LogP contribution in [0.3, 0.4) is 0 Å². The Hall–Kier alpha value is -0.430. The Labute approximate surface area is 113 Å². The molecule has 2 N–H and O–H groups in total. The molecule has 0 saturated carbocycles. The molecule has 0 unspecified atom stereocenters. The highest BCUT2D eigenvalue weighted by molar-refractivity contribution is 7.78. The topological polar surface area (TPSA) is 24.1 Å². The molecule has 0 heterocycles. The summed E-state index contributed by atoms with van der Waals surface area (Å²) in [5.41, 5.74) is 0.188. The van der Waals surface area contributed by atoms with Crippen molar-refractivity contribution >= 4 is 12.9 Å². The van der Waals surface area contributed by atoms with E-state index in [0.29, 0.717) is 0 Å². The van der Waals surface area contributed by atoms with Gasteiger partial charge >= 0.3 is 0 Å². The molecule has 0 bridgehead atoms. The van der Waals surface area contributed by atoms with E-state index in [1.807, 2.05) is 0 Å². The van der Waals surface area contributed by atoms with Crippen LogP contribution in [0.1, 0.15) is 41.5 Å². The summed E-state index contributed by atoms with van der Waals surface area (Å²) in [5, 5.41) is 8.98. The number of hydrogen-bond donors (Lipinski definition) is 2. The van der Waals surface area contributed by atoms with Crippen LogP contribution >= 0.6 is 7.56 Å². The molecule has 0 fully saturated rings. The van der Waals surface area contributed by atoms with E-state index < -0.39 is 7.56 Å². The standard InChI is InChI=1S/C15H28N2P/c1-14(2,3)16-18(7,17-15(4,5)6)13-11-9-8-10-12-13/h8-12,16-17H,1-7H3/q+1. The van der Waals surface area contributed by atoms with Crippen LogP contribution in [0.5, 0.6) is 0 Å². The van der Waals surface area contributed by atoms with Crippen molar-refractivity contribution in [1.29, 1.82) is 0 Å². The van der Waals surface area contributed by atoms with Gasteiger partial charge in [0, 0.05) is 11.1 Å². The number of rotatable bonds is 3. The van der Waals surface area contributed by atoms with Crippen LogP contribution in [0.4, 0.5) is 0 Å². The van der Waals surface area contributed by atoms with Crippen LogP contribution in [0, 0.1) is 0 Å². The SMILES string of the molecule is CC(C)(C)N[P+](C)(NC(C)(C)C)c1ccccc1. The molecule has 0 spiro atoms. The van der Waals surface area contributed by atoms with Crippen LogP contribution < -0.4 is 15.5 Å². The quantitative estimate of drug-likeness (QED) is 0.818. The highest BCUT2D eigenvalue weighted by atomic mass is 31.2. The monoisotopic (exact) mass is 267 g/mol. The molecule has 0 radical (unpaired) electrons. The predicted molar refractivity (Wildman–Crippen MR) is 84.7 cm³/mol. The maximum absolute atomic E-state index is 3.81. The molecule has 0 amide bonds. The molecule has 2 nitrogen and oxygen atoms in total. The van der Waals surface area contributed by atoms with E-state index in [2.05, 4.69) is 88.7 Å². The van der Waals surface area contributed by atoms with E-state index in [1.54, 1.807) is 0 Å². The average Bonchev–Trinajstić information content (AvgIpc) is 2.13. The van der Waals surface area contributed by atoms with Crippen molar-refractivity contribution in [3.63, 3.8) is 0 Å². The van der Waals surface area contributed by atoms with Crippen molar-refractivity contribution in [2.45, 2.75) is 52.6 Å². The summed E-state index contributed by atoms with van der Waals surface area (Å²) in [5.74, 6) is 0. The number of hydrogen-bond acceptors (Lipinski definition) is 2. The summed E-state index contributed by atoms with van der Waals surface area (Å²) >= 11 is 0. The molecule has 0 aliphatic rings. The van der Waals surface area contributed by atoms with Gasteiger partial charge in [0.2, 0.25) is 0 Å². The van der Waals surface area contributed by atoms with E-state index in [-0.39, 0.29) is 11.1 Å². The van der Waals surface area contributed by atoms with Crippen LogP contribution in [0.15, 0.2) is 30.3 Å². The second-order valence-electron chi connectivity index (χ2n) is 7.07. The Balaban J connectivity index is 3.09. The molecule has 0 aliphatic carbocycles. The highest BCUT2D eigenvalue weighted by Gasteiger charge is 2.41. The van der Waals surface area contributed by atoms with Gasteiger partial charge in [0.05, 0.1) is 6.66 Å². The first-order valence-corrected chi connectivity index (χ1v) is 8.76. The summed E-state index contributed by atoms with van der Waals surface area (Å²) in [7, 11) is -1.56. The summed E-state index contributed by atoms with van der Waals surface area (Å²) < 4.78 is 0. The fraction of sp³-hybridized carbons (Fsp3) is 0.600. The van der Waals surface area contributed by atoms with E-state index >= 15 is 0 Å². The molecule has 0 atom stereocenters. The normalized spacial score (nSPS) is 13.7. The van der Waals surface area contributed by atoms with Crippen molar-refractivity contribution in [1.82, 2.24) is 10.2 Å². The third-order valence-electron chi connectivity index (χ3n) is 2.39. The lowest BCUT2D eigenvalue weighted by Crippen LogP contribution is -2.49. The van der Waals surface area contributed by atoms with Gasteiger partial charge in [-0.15, -0.1) is 0 Å². The molecule has 3 heteroatoms. The Morgan fingerprint density at radius 3 is 1.50 bits per heavy atom. The molecular formula is C15H28N2P+. The maximum atomic E-state index is 3.81. The zero-order chi connectivity index (χ0) is 14.0. The van der Waals surface area contributed by atoms with E-state index in [1.165, 1.54) is 5.30 Å². The molecule has 0 aromatic heterocycles. The van der Waals surface area contributed by atoms with E-state index in [4.69, 9.17) is 0 Å².